The number of rotatable bonds is 4. The molecule has 1 fully saturated rings. The van der Waals surface area contributed by atoms with Crippen LogP contribution in [0.15, 0.2) is 36.4 Å². The Balaban J connectivity index is 1.77. The lowest BCUT2D eigenvalue weighted by Gasteiger charge is -2.24. The summed E-state index contributed by atoms with van der Waals surface area (Å²) in [5.41, 5.74) is 1.30. The van der Waals surface area contributed by atoms with Crippen LogP contribution in [-0.2, 0) is 17.4 Å². The van der Waals surface area contributed by atoms with Gasteiger partial charge in [-0.2, -0.15) is 13.2 Å². The molecule has 0 radical (unpaired) electrons. The van der Waals surface area contributed by atoms with Crippen molar-refractivity contribution in [1.29, 1.82) is 0 Å². The van der Waals surface area contributed by atoms with Gasteiger partial charge < -0.3 is 5.32 Å². The van der Waals surface area contributed by atoms with E-state index in [0.29, 0.717) is 12.8 Å². The van der Waals surface area contributed by atoms with E-state index in [2.05, 4.69) is 11.9 Å². The van der Waals surface area contributed by atoms with Crippen LogP contribution >= 0.6 is 0 Å². The van der Waals surface area contributed by atoms with Gasteiger partial charge in [-0.1, -0.05) is 24.3 Å². The fraction of sp³-hybridized carbons (Fsp3) is 0.471. The van der Waals surface area contributed by atoms with E-state index in [0.717, 1.165) is 43.4 Å². The van der Waals surface area contributed by atoms with Gasteiger partial charge in [0.05, 0.1) is 5.56 Å². The molecule has 0 aliphatic heterocycles. The van der Waals surface area contributed by atoms with Gasteiger partial charge in [0.25, 0.3) is 0 Å². The molecule has 5 heteroatoms. The summed E-state index contributed by atoms with van der Waals surface area (Å²) in [7, 11) is 0. The van der Waals surface area contributed by atoms with E-state index < -0.39 is 11.7 Å². The average Bonchev–Trinajstić information content (AvgIpc) is 2.47. The van der Waals surface area contributed by atoms with Crippen LogP contribution in [0, 0.1) is 0 Å². The molecule has 1 amide bonds. The van der Waals surface area contributed by atoms with Crippen molar-refractivity contribution in [2.24, 2.45) is 0 Å². The minimum atomic E-state index is -4.32. The van der Waals surface area contributed by atoms with Crippen LogP contribution < -0.4 is 5.32 Å². The molecule has 0 heterocycles. The number of hydrogen-bond donors (Lipinski definition) is 1. The van der Waals surface area contributed by atoms with E-state index >= 15 is 0 Å². The van der Waals surface area contributed by atoms with E-state index in [1.54, 1.807) is 0 Å². The summed E-state index contributed by atoms with van der Waals surface area (Å²) in [6.07, 6.45) is 0.163. The van der Waals surface area contributed by atoms with Gasteiger partial charge in [0, 0.05) is 12.5 Å². The third kappa shape index (κ3) is 4.90. The summed E-state index contributed by atoms with van der Waals surface area (Å²) in [5.74, 6) is -0.0441. The molecular formula is C17H20F3NO. The highest BCUT2D eigenvalue weighted by molar-refractivity contribution is 5.76. The van der Waals surface area contributed by atoms with Crippen LogP contribution in [0.5, 0.6) is 0 Å². The standard InChI is InChI=1S/C17H20F3NO/c1-12-2-9-15(10-3-12)21-16(22)11-6-13-4-7-14(8-5-13)17(18,19)20/h4-5,7-8,15H,1-3,6,9-11H2,(H,21,22). The van der Waals surface area contributed by atoms with Crippen molar-refractivity contribution in [2.45, 2.75) is 50.7 Å². The van der Waals surface area contributed by atoms with Crippen molar-refractivity contribution in [3.05, 3.63) is 47.5 Å². The first-order valence-corrected chi connectivity index (χ1v) is 7.47. The lowest BCUT2D eigenvalue weighted by molar-refractivity contribution is -0.137. The molecule has 0 bridgehead atoms. The number of carbonyl (C=O) groups excluding carboxylic acids is 1. The molecule has 22 heavy (non-hydrogen) atoms. The molecule has 1 aliphatic carbocycles. The minimum absolute atomic E-state index is 0.0441. The number of alkyl halides is 3. The summed E-state index contributed by atoms with van der Waals surface area (Å²) in [6.45, 7) is 3.94. The molecule has 0 saturated heterocycles. The lowest BCUT2D eigenvalue weighted by Crippen LogP contribution is -2.36. The molecule has 0 atom stereocenters. The highest BCUT2D eigenvalue weighted by Gasteiger charge is 2.29. The Morgan fingerprint density at radius 2 is 1.77 bits per heavy atom. The van der Waals surface area contributed by atoms with E-state index in [-0.39, 0.29) is 11.9 Å². The van der Waals surface area contributed by atoms with Crippen molar-refractivity contribution in [2.75, 3.05) is 0 Å². The van der Waals surface area contributed by atoms with Crippen LogP contribution in [0.2, 0.25) is 0 Å². The third-order valence-electron chi connectivity index (χ3n) is 3.98. The second-order valence-corrected chi connectivity index (χ2v) is 5.79. The number of amides is 1. The number of allylic oxidation sites excluding steroid dienone is 1. The summed E-state index contributed by atoms with van der Waals surface area (Å²) >= 11 is 0. The van der Waals surface area contributed by atoms with Crippen LogP contribution in [0.4, 0.5) is 13.2 Å². The quantitative estimate of drug-likeness (QED) is 0.827. The smallest absolute Gasteiger partial charge is 0.353 e. The molecule has 1 aromatic rings. The molecule has 0 unspecified atom stereocenters. The van der Waals surface area contributed by atoms with E-state index in [9.17, 15) is 18.0 Å². The number of halogens is 3. The van der Waals surface area contributed by atoms with Crippen molar-refractivity contribution in [3.8, 4) is 0 Å². The van der Waals surface area contributed by atoms with Gasteiger partial charge in [-0.05, 0) is 49.8 Å². The molecule has 120 valence electrons. The highest BCUT2D eigenvalue weighted by Crippen LogP contribution is 2.29. The van der Waals surface area contributed by atoms with Crippen LogP contribution in [0.1, 0.15) is 43.2 Å². The number of benzene rings is 1. The molecular weight excluding hydrogens is 291 g/mol. The first-order valence-electron chi connectivity index (χ1n) is 7.47. The Kier molecular flexibility index (Phi) is 5.27. The van der Waals surface area contributed by atoms with Crippen molar-refractivity contribution in [1.82, 2.24) is 5.32 Å². The van der Waals surface area contributed by atoms with Gasteiger partial charge in [0.2, 0.25) is 5.91 Å². The van der Waals surface area contributed by atoms with E-state index in [4.69, 9.17) is 0 Å². The Morgan fingerprint density at radius 1 is 1.18 bits per heavy atom. The van der Waals surface area contributed by atoms with Crippen molar-refractivity contribution < 1.29 is 18.0 Å². The number of nitrogens with one attached hydrogen (secondary N) is 1. The van der Waals surface area contributed by atoms with Gasteiger partial charge >= 0.3 is 6.18 Å². The van der Waals surface area contributed by atoms with Gasteiger partial charge in [-0.15, -0.1) is 0 Å². The zero-order valence-electron chi connectivity index (χ0n) is 12.4. The molecule has 1 N–H and O–H groups in total. The first-order chi connectivity index (χ1) is 10.3. The molecule has 2 nitrogen and oxygen atoms in total. The number of carbonyl (C=O) groups is 1. The third-order valence-corrected chi connectivity index (χ3v) is 3.98. The largest absolute Gasteiger partial charge is 0.416 e. The summed E-state index contributed by atoms with van der Waals surface area (Å²) in [6, 6.07) is 5.17. The molecule has 1 aromatic carbocycles. The van der Waals surface area contributed by atoms with Crippen LogP contribution in [0.3, 0.4) is 0 Å². The Morgan fingerprint density at radius 3 is 2.32 bits per heavy atom. The average molecular weight is 311 g/mol. The molecule has 2 rings (SSSR count). The monoisotopic (exact) mass is 311 g/mol. The SMILES string of the molecule is C=C1CCC(NC(=O)CCc2ccc(C(F)(F)F)cc2)CC1. The fourth-order valence-corrected chi connectivity index (χ4v) is 2.59. The summed E-state index contributed by atoms with van der Waals surface area (Å²) in [4.78, 5) is 11.9. The highest BCUT2D eigenvalue weighted by atomic mass is 19.4. The second kappa shape index (κ2) is 6.99. The van der Waals surface area contributed by atoms with Gasteiger partial charge in [-0.25, -0.2) is 0 Å². The van der Waals surface area contributed by atoms with Crippen molar-refractivity contribution >= 4 is 5.91 Å². The zero-order valence-corrected chi connectivity index (χ0v) is 12.4. The number of hydrogen-bond acceptors (Lipinski definition) is 1. The summed E-state index contributed by atoms with van der Waals surface area (Å²) < 4.78 is 37.4. The predicted molar refractivity (Wildman–Crippen MR) is 79.3 cm³/mol. The van der Waals surface area contributed by atoms with Crippen LogP contribution in [0.25, 0.3) is 0 Å². The maximum Gasteiger partial charge on any atom is 0.416 e. The van der Waals surface area contributed by atoms with Gasteiger partial charge in [-0.3, -0.25) is 4.79 Å². The van der Waals surface area contributed by atoms with Gasteiger partial charge in [0.15, 0.2) is 0 Å². The normalized spacial score (nSPS) is 16.6. The first kappa shape index (κ1) is 16.6. The topological polar surface area (TPSA) is 29.1 Å². The second-order valence-electron chi connectivity index (χ2n) is 5.79. The maximum absolute atomic E-state index is 12.5. The molecule has 0 spiro atoms. The fourth-order valence-electron chi connectivity index (χ4n) is 2.59. The Hall–Kier alpha value is -1.78. The van der Waals surface area contributed by atoms with E-state index in [1.165, 1.54) is 17.7 Å². The molecule has 1 aliphatic rings. The Labute approximate surface area is 128 Å². The minimum Gasteiger partial charge on any atom is -0.353 e. The maximum atomic E-state index is 12.5. The van der Waals surface area contributed by atoms with Crippen molar-refractivity contribution in [3.63, 3.8) is 0 Å². The number of aryl methyl sites for hydroxylation is 1. The van der Waals surface area contributed by atoms with Crippen LogP contribution in [-0.4, -0.2) is 11.9 Å². The van der Waals surface area contributed by atoms with Gasteiger partial charge in [0.1, 0.15) is 0 Å². The zero-order chi connectivity index (χ0) is 16.2. The molecule has 0 aromatic heterocycles. The lowest BCUT2D eigenvalue weighted by atomic mass is 9.92. The summed E-state index contributed by atoms with van der Waals surface area (Å²) in [5, 5.41) is 2.99. The Bertz CT molecular complexity index is 524. The molecule has 1 saturated carbocycles. The van der Waals surface area contributed by atoms with E-state index in [1.807, 2.05) is 0 Å². The predicted octanol–water partition coefficient (Wildman–Crippen LogP) is 4.25.